The highest BCUT2D eigenvalue weighted by Gasteiger charge is 2.27. The van der Waals surface area contributed by atoms with Crippen LogP contribution in [0.15, 0.2) is 48.5 Å². The minimum atomic E-state index is -1.67. The molecule has 2 aromatic carbocycles. The van der Waals surface area contributed by atoms with Gasteiger partial charge >= 0.3 is 5.97 Å². The molecule has 6 nitrogen and oxygen atoms in total. The van der Waals surface area contributed by atoms with Gasteiger partial charge in [0.25, 0.3) is 0 Å². The van der Waals surface area contributed by atoms with E-state index in [2.05, 4.69) is 4.74 Å². The van der Waals surface area contributed by atoms with E-state index in [1.807, 2.05) is 30.3 Å². The number of benzene rings is 2. The van der Waals surface area contributed by atoms with Crippen LogP contribution in [0.1, 0.15) is 17.2 Å². The number of esters is 1. The van der Waals surface area contributed by atoms with E-state index in [1.165, 1.54) is 13.2 Å². The molecule has 24 heavy (non-hydrogen) atoms. The van der Waals surface area contributed by atoms with Crippen LogP contribution in [0.5, 0.6) is 11.5 Å². The smallest absolute Gasteiger partial charge is 0.337 e. The molecule has 0 amide bonds. The van der Waals surface area contributed by atoms with Crippen LogP contribution in [-0.2, 0) is 16.1 Å². The third-order valence-corrected chi connectivity index (χ3v) is 3.51. The molecule has 0 aliphatic rings. The maximum absolute atomic E-state index is 11.3. The number of aliphatic hydroxyl groups excluding tert-OH is 2. The lowest BCUT2D eigenvalue weighted by Crippen LogP contribution is -2.29. The molecule has 0 saturated heterocycles. The van der Waals surface area contributed by atoms with E-state index >= 15 is 0 Å². The molecule has 2 rings (SSSR count). The van der Waals surface area contributed by atoms with Crippen LogP contribution in [-0.4, -0.2) is 36.5 Å². The molecule has 2 N–H and O–H groups in total. The Morgan fingerprint density at radius 3 is 2.38 bits per heavy atom. The van der Waals surface area contributed by atoms with E-state index in [1.54, 1.807) is 12.1 Å². The standard InChI is InChI=1S/C18H20O6/c1-22-15-10-13(16(19)17(20)18(21)23-2)8-9-14(15)24-11-12-6-4-3-5-7-12/h3-10,16-17,19-20H,11H2,1-2H3/t16-,17+/m0/s1. The summed E-state index contributed by atoms with van der Waals surface area (Å²) in [5.74, 6) is -0.0321. The van der Waals surface area contributed by atoms with Crippen LogP contribution in [0, 0.1) is 0 Å². The van der Waals surface area contributed by atoms with Crippen molar-refractivity contribution in [2.75, 3.05) is 14.2 Å². The van der Waals surface area contributed by atoms with Crippen molar-refractivity contribution in [3.05, 3.63) is 59.7 Å². The molecule has 0 heterocycles. The number of carbonyl (C=O) groups excluding carboxylic acids is 1. The zero-order chi connectivity index (χ0) is 17.5. The fourth-order valence-corrected chi connectivity index (χ4v) is 2.15. The number of methoxy groups -OCH3 is 2. The van der Waals surface area contributed by atoms with Gasteiger partial charge in [0, 0.05) is 0 Å². The highest BCUT2D eigenvalue weighted by atomic mass is 16.5. The van der Waals surface area contributed by atoms with Crippen LogP contribution in [0.3, 0.4) is 0 Å². The van der Waals surface area contributed by atoms with E-state index in [9.17, 15) is 15.0 Å². The molecule has 0 radical (unpaired) electrons. The Hall–Kier alpha value is -2.57. The van der Waals surface area contributed by atoms with Crippen LogP contribution in [0.25, 0.3) is 0 Å². The second-order valence-electron chi connectivity index (χ2n) is 5.10. The molecule has 0 aromatic heterocycles. The largest absolute Gasteiger partial charge is 0.493 e. The Labute approximate surface area is 140 Å². The topological polar surface area (TPSA) is 85.2 Å². The maximum Gasteiger partial charge on any atom is 0.337 e. The molecule has 128 valence electrons. The van der Waals surface area contributed by atoms with Crippen molar-refractivity contribution in [1.29, 1.82) is 0 Å². The van der Waals surface area contributed by atoms with E-state index < -0.39 is 18.2 Å². The van der Waals surface area contributed by atoms with Gasteiger partial charge < -0.3 is 24.4 Å². The van der Waals surface area contributed by atoms with Crippen molar-refractivity contribution in [1.82, 2.24) is 0 Å². The zero-order valence-electron chi connectivity index (χ0n) is 13.5. The Balaban J connectivity index is 2.13. The van der Waals surface area contributed by atoms with Gasteiger partial charge in [-0.05, 0) is 23.3 Å². The molecule has 0 saturated carbocycles. The molecule has 6 heteroatoms. The third-order valence-electron chi connectivity index (χ3n) is 3.51. The van der Waals surface area contributed by atoms with Gasteiger partial charge in [0.05, 0.1) is 14.2 Å². The average molecular weight is 332 g/mol. The first-order valence-corrected chi connectivity index (χ1v) is 7.35. The number of rotatable bonds is 7. The average Bonchev–Trinajstić information content (AvgIpc) is 2.65. The van der Waals surface area contributed by atoms with Gasteiger partial charge in [-0.3, -0.25) is 0 Å². The Morgan fingerprint density at radius 1 is 1.04 bits per heavy atom. The van der Waals surface area contributed by atoms with Gasteiger partial charge in [0.15, 0.2) is 17.6 Å². The van der Waals surface area contributed by atoms with Gasteiger partial charge in [0.2, 0.25) is 0 Å². The molecule has 0 fully saturated rings. The predicted octanol–water partition coefficient (Wildman–Crippen LogP) is 1.84. The molecule has 2 atom stereocenters. The third kappa shape index (κ3) is 4.24. The van der Waals surface area contributed by atoms with Crippen molar-refractivity contribution < 1.29 is 29.2 Å². The number of ether oxygens (including phenoxy) is 3. The number of hydrogen-bond donors (Lipinski definition) is 2. The van der Waals surface area contributed by atoms with Crippen LogP contribution in [0.4, 0.5) is 0 Å². The molecule has 0 aliphatic heterocycles. The summed E-state index contributed by atoms with van der Waals surface area (Å²) >= 11 is 0. The summed E-state index contributed by atoms with van der Waals surface area (Å²) in [6.45, 7) is 0.365. The van der Waals surface area contributed by atoms with E-state index in [0.717, 1.165) is 12.7 Å². The lowest BCUT2D eigenvalue weighted by Gasteiger charge is -2.18. The predicted molar refractivity (Wildman–Crippen MR) is 86.8 cm³/mol. The molecular formula is C18H20O6. The number of aliphatic hydroxyl groups is 2. The SMILES string of the molecule is COC(=O)[C@H](O)[C@@H](O)c1ccc(OCc2ccccc2)c(OC)c1. The van der Waals surface area contributed by atoms with Crippen molar-refractivity contribution in [3.63, 3.8) is 0 Å². The Kier molecular flexibility index (Phi) is 6.17. The lowest BCUT2D eigenvalue weighted by atomic mass is 10.0. The monoisotopic (exact) mass is 332 g/mol. The second-order valence-corrected chi connectivity index (χ2v) is 5.10. The van der Waals surface area contributed by atoms with Crippen molar-refractivity contribution in [3.8, 4) is 11.5 Å². The van der Waals surface area contributed by atoms with E-state index in [0.29, 0.717) is 23.7 Å². The maximum atomic E-state index is 11.3. The van der Waals surface area contributed by atoms with Gasteiger partial charge in [-0.25, -0.2) is 4.79 Å². The molecule has 0 aliphatic carbocycles. The number of hydrogen-bond acceptors (Lipinski definition) is 6. The van der Waals surface area contributed by atoms with Gasteiger partial charge in [-0.1, -0.05) is 36.4 Å². The van der Waals surface area contributed by atoms with Crippen LogP contribution >= 0.6 is 0 Å². The fourth-order valence-electron chi connectivity index (χ4n) is 2.15. The Bertz CT molecular complexity index is 670. The first kappa shape index (κ1) is 17.8. The van der Waals surface area contributed by atoms with Crippen molar-refractivity contribution in [2.24, 2.45) is 0 Å². The van der Waals surface area contributed by atoms with Gasteiger partial charge in [-0.2, -0.15) is 0 Å². The zero-order valence-corrected chi connectivity index (χ0v) is 13.5. The first-order chi connectivity index (χ1) is 11.6. The second kappa shape index (κ2) is 8.33. The fraction of sp³-hybridized carbons (Fsp3) is 0.278. The summed E-state index contributed by atoms with van der Waals surface area (Å²) in [6, 6.07) is 14.3. The molecule has 0 bridgehead atoms. The normalized spacial score (nSPS) is 13.0. The molecule has 2 aromatic rings. The van der Waals surface area contributed by atoms with Gasteiger partial charge in [-0.15, -0.1) is 0 Å². The van der Waals surface area contributed by atoms with Crippen LogP contribution in [0.2, 0.25) is 0 Å². The summed E-state index contributed by atoms with van der Waals surface area (Å²) in [7, 11) is 2.61. The minimum absolute atomic E-state index is 0.316. The Morgan fingerprint density at radius 2 is 1.75 bits per heavy atom. The minimum Gasteiger partial charge on any atom is -0.493 e. The lowest BCUT2D eigenvalue weighted by molar-refractivity contribution is -0.156. The van der Waals surface area contributed by atoms with E-state index in [-0.39, 0.29) is 0 Å². The van der Waals surface area contributed by atoms with Crippen LogP contribution < -0.4 is 9.47 Å². The summed E-state index contributed by atoms with van der Waals surface area (Å²) < 4.78 is 15.4. The highest BCUT2D eigenvalue weighted by molar-refractivity contribution is 5.75. The molecule has 0 unspecified atom stereocenters. The highest BCUT2D eigenvalue weighted by Crippen LogP contribution is 2.32. The van der Waals surface area contributed by atoms with E-state index in [4.69, 9.17) is 9.47 Å². The van der Waals surface area contributed by atoms with Crippen molar-refractivity contribution in [2.45, 2.75) is 18.8 Å². The first-order valence-electron chi connectivity index (χ1n) is 7.35. The van der Waals surface area contributed by atoms with Crippen molar-refractivity contribution >= 4 is 5.97 Å². The van der Waals surface area contributed by atoms with Gasteiger partial charge in [0.1, 0.15) is 12.7 Å². The number of carbonyl (C=O) groups is 1. The summed E-state index contributed by atoms with van der Waals surface area (Å²) in [4.78, 5) is 11.3. The summed E-state index contributed by atoms with van der Waals surface area (Å²) in [5.41, 5.74) is 1.32. The summed E-state index contributed by atoms with van der Waals surface area (Å²) in [5, 5.41) is 19.8. The quantitative estimate of drug-likeness (QED) is 0.753. The molecule has 0 spiro atoms. The summed E-state index contributed by atoms with van der Waals surface area (Å²) in [6.07, 6.45) is -3.09. The molecular weight excluding hydrogens is 312 g/mol.